The van der Waals surface area contributed by atoms with E-state index in [2.05, 4.69) is 0 Å². The van der Waals surface area contributed by atoms with E-state index in [9.17, 15) is 8.42 Å². The fourth-order valence-corrected chi connectivity index (χ4v) is 4.16. The minimum atomic E-state index is -3.57. The smallest absolute Gasteiger partial charge is 0.243 e. The number of hydrogen-bond acceptors (Lipinski definition) is 4. The van der Waals surface area contributed by atoms with Crippen LogP contribution in [0.4, 0.5) is 0 Å². The van der Waals surface area contributed by atoms with Gasteiger partial charge in [0, 0.05) is 19.2 Å². The molecule has 1 fully saturated rings. The molecule has 0 amide bonds. The molecule has 0 unspecified atom stereocenters. The molecule has 0 bridgehead atoms. The molecule has 21 heavy (non-hydrogen) atoms. The monoisotopic (exact) mass is 333 g/mol. The van der Waals surface area contributed by atoms with E-state index in [1.807, 2.05) is 20.8 Å². The molecule has 1 aliphatic heterocycles. The second kappa shape index (κ2) is 6.52. The number of morpholine rings is 1. The summed E-state index contributed by atoms with van der Waals surface area (Å²) < 4.78 is 37.8. The first-order valence-corrected chi connectivity index (χ1v) is 8.74. The van der Waals surface area contributed by atoms with E-state index in [4.69, 9.17) is 21.1 Å². The molecule has 1 aromatic rings. The van der Waals surface area contributed by atoms with Crippen LogP contribution in [0.15, 0.2) is 23.1 Å². The maximum atomic E-state index is 12.7. The van der Waals surface area contributed by atoms with E-state index in [0.29, 0.717) is 30.5 Å². The second-order valence-electron chi connectivity index (χ2n) is 5.10. The zero-order chi connectivity index (χ0) is 15.6. The van der Waals surface area contributed by atoms with Crippen LogP contribution in [-0.2, 0) is 14.8 Å². The molecule has 1 aromatic carbocycles. The Morgan fingerprint density at radius 1 is 1.33 bits per heavy atom. The molecular weight excluding hydrogens is 314 g/mol. The first-order valence-electron chi connectivity index (χ1n) is 6.92. The summed E-state index contributed by atoms with van der Waals surface area (Å²) in [5.41, 5.74) is 0. The predicted octanol–water partition coefficient (Wildman–Crippen LogP) is 2.54. The Kier molecular flexibility index (Phi) is 5.14. The Morgan fingerprint density at radius 2 is 1.95 bits per heavy atom. The van der Waals surface area contributed by atoms with Crippen LogP contribution in [0.5, 0.6) is 5.75 Å². The van der Waals surface area contributed by atoms with Crippen LogP contribution in [0, 0.1) is 0 Å². The molecule has 118 valence electrons. The van der Waals surface area contributed by atoms with Crippen molar-refractivity contribution in [1.82, 2.24) is 4.31 Å². The Bertz CT molecular complexity index is 595. The third-order valence-corrected chi connectivity index (χ3v) is 5.37. The summed E-state index contributed by atoms with van der Waals surface area (Å²) in [6, 6.07) is 4.53. The fraction of sp³-hybridized carbons (Fsp3) is 0.571. The Hall–Kier alpha value is -0.820. The van der Waals surface area contributed by atoms with Crippen LogP contribution in [0.1, 0.15) is 20.8 Å². The normalized spacial score (nSPS) is 24.0. The van der Waals surface area contributed by atoms with Gasteiger partial charge in [-0.25, -0.2) is 8.42 Å². The van der Waals surface area contributed by atoms with Crippen molar-refractivity contribution >= 4 is 21.6 Å². The summed E-state index contributed by atoms with van der Waals surface area (Å²) >= 11 is 6.00. The van der Waals surface area contributed by atoms with Crippen molar-refractivity contribution in [3.05, 3.63) is 23.2 Å². The Balaban J connectivity index is 2.33. The summed E-state index contributed by atoms with van der Waals surface area (Å²) in [4.78, 5) is 0.191. The lowest BCUT2D eigenvalue weighted by Gasteiger charge is -2.34. The summed E-state index contributed by atoms with van der Waals surface area (Å²) in [6.45, 7) is 6.67. The van der Waals surface area contributed by atoms with Gasteiger partial charge < -0.3 is 9.47 Å². The highest BCUT2D eigenvalue weighted by Gasteiger charge is 2.32. The van der Waals surface area contributed by atoms with Gasteiger partial charge in [0.1, 0.15) is 5.75 Å². The summed E-state index contributed by atoms with van der Waals surface area (Å²) in [5.74, 6) is 0.384. The van der Waals surface area contributed by atoms with E-state index in [0.717, 1.165) is 0 Å². The van der Waals surface area contributed by atoms with Crippen molar-refractivity contribution in [1.29, 1.82) is 0 Å². The average molecular weight is 334 g/mol. The quantitative estimate of drug-likeness (QED) is 0.849. The van der Waals surface area contributed by atoms with Crippen molar-refractivity contribution in [3.63, 3.8) is 0 Å². The van der Waals surface area contributed by atoms with Crippen LogP contribution in [0.2, 0.25) is 5.02 Å². The summed E-state index contributed by atoms with van der Waals surface area (Å²) in [5, 5.41) is 0.402. The molecule has 2 rings (SSSR count). The summed E-state index contributed by atoms with van der Waals surface area (Å²) in [7, 11) is -3.57. The van der Waals surface area contributed by atoms with Crippen molar-refractivity contribution in [2.45, 2.75) is 37.9 Å². The minimum Gasteiger partial charge on any atom is -0.492 e. The first kappa shape index (κ1) is 16.5. The van der Waals surface area contributed by atoms with E-state index in [-0.39, 0.29) is 17.1 Å². The first-order chi connectivity index (χ1) is 9.84. The molecule has 0 saturated carbocycles. The number of rotatable bonds is 4. The lowest BCUT2D eigenvalue weighted by atomic mass is 10.3. The highest BCUT2D eigenvalue weighted by molar-refractivity contribution is 7.89. The Morgan fingerprint density at radius 3 is 2.52 bits per heavy atom. The van der Waals surface area contributed by atoms with Crippen LogP contribution in [-0.4, -0.2) is 44.6 Å². The summed E-state index contributed by atoms with van der Waals surface area (Å²) in [6.07, 6.45) is -0.246. The third-order valence-electron chi connectivity index (χ3n) is 3.23. The van der Waals surface area contributed by atoms with Gasteiger partial charge in [-0.05, 0) is 32.9 Å². The van der Waals surface area contributed by atoms with E-state index < -0.39 is 10.0 Å². The average Bonchev–Trinajstić information content (AvgIpc) is 2.40. The van der Waals surface area contributed by atoms with Gasteiger partial charge in [-0.2, -0.15) is 4.31 Å². The van der Waals surface area contributed by atoms with Crippen LogP contribution < -0.4 is 4.74 Å². The maximum absolute atomic E-state index is 12.7. The largest absolute Gasteiger partial charge is 0.492 e. The fourth-order valence-electron chi connectivity index (χ4n) is 2.39. The van der Waals surface area contributed by atoms with Crippen molar-refractivity contribution in [2.24, 2.45) is 0 Å². The second-order valence-corrected chi connectivity index (χ2v) is 7.45. The topological polar surface area (TPSA) is 55.8 Å². The van der Waals surface area contributed by atoms with Gasteiger partial charge in [0.15, 0.2) is 0 Å². The van der Waals surface area contributed by atoms with Gasteiger partial charge >= 0.3 is 0 Å². The third kappa shape index (κ3) is 3.69. The van der Waals surface area contributed by atoms with Crippen molar-refractivity contribution < 1.29 is 17.9 Å². The lowest BCUT2D eigenvalue weighted by Crippen LogP contribution is -2.48. The van der Waals surface area contributed by atoms with Gasteiger partial charge in [-0.1, -0.05) is 11.6 Å². The molecule has 0 spiro atoms. The number of nitrogens with zero attached hydrogens (tertiary/aromatic N) is 1. The lowest BCUT2D eigenvalue weighted by molar-refractivity contribution is -0.0440. The Labute approximate surface area is 130 Å². The standard InChI is InChI=1S/C14H20ClNO4S/c1-4-19-14-7-12(5-6-13(14)15)21(17,18)16-8-10(2)20-11(3)9-16/h5-7,10-11H,4,8-9H2,1-3H3/t10-,11-/m0/s1. The van der Waals surface area contributed by atoms with Gasteiger partial charge in [0.25, 0.3) is 0 Å². The molecule has 1 heterocycles. The highest BCUT2D eigenvalue weighted by Crippen LogP contribution is 2.29. The maximum Gasteiger partial charge on any atom is 0.243 e. The highest BCUT2D eigenvalue weighted by atomic mass is 35.5. The van der Waals surface area contributed by atoms with E-state index in [1.165, 1.54) is 16.4 Å². The van der Waals surface area contributed by atoms with Crippen LogP contribution in [0.25, 0.3) is 0 Å². The number of hydrogen-bond donors (Lipinski definition) is 0. The zero-order valence-electron chi connectivity index (χ0n) is 12.4. The van der Waals surface area contributed by atoms with Crippen LogP contribution in [0.3, 0.4) is 0 Å². The number of halogens is 1. The molecule has 2 atom stereocenters. The number of ether oxygens (including phenoxy) is 2. The van der Waals surface area contributed by atoms with Gasteiger partial charge in [0.05, 0.1) is 28.7 Å². The molecule has 7 heteroatoms. The molecule has 0 aliphatic carbocycles. The minimum absolute atomic E-state index is 0.123. The number of benzene rings is 1. The van der Waals surface area contributed by atoms with E-state index in [1.54, 1.807) is 6.07 Å². The molecule has 1 saturated heterocycles. The van der Waals surface area contributed by atoms with Crippen LogP contribution >= 0.6 is 11.6 Å². The molecule has 5 nitrogen and oxygen atoms in total. The zero-order valence-corrected chi connectivity index (χ0v) is 13.9. The predicted molar refractivity (Wildman–Crippen MR) is 81.4 cm³/mol. The van der Waals surface area contributed by atoms with Crippen molar-refractivity contribution in [3.8, 4) is 5.75 Å². The van der Waals surface area contributed by atoms with Gasteiger partial charge in [-0.3, -0.25) is 0 Å². The molecular formula is C14H20ClNO4S. The molecule has 0 aromatic heterocycles. The van der Waals surface area contributed by atoms with Gasteiger partial charge in [0.2, 0.25) is 10.0 Å². The van der Waals surface area contributed by atoms with Crippen molar-refractivity contribution in [2.75, 3.05) is 19.7 Å². The van der Waals surface area contributed by atoms with Gasteiger partial charge in [-0.15, -0.1) is 0 Å². The number of sulfonamides is 1. The molecule has 0 radical (unpaired) electrons. The molecule has 0 N–H and O–H groups in total. The molecule has 1 aliphatic rings. The SMILES string of the molecule is CCOc1cc(S(=O)(=O)N2C[C@H](C)O[C@@H](C)C2)ccc1Cl. The van der Waals surface area contributed by atoms with E-state index >= 15 is 0 Å².